The van der Waals surface area contributed by atoms with E-state index in [1.165, 1.54) is 0 Å². The summed E-state index contributed by atoms with van der Waals surface area (Å²) in [6, 6.07) is 29.8. The van der Waals surface area contributed by atoms with Gasteiger partial charge in [-0.1, -0.05) is 24.3 Å². The van der Waals surface area contributed by atoms with Gasteiger partial charge in [0.1, 0.15) is 46.1 Å². The second-order valence-electron chi connectivity index (χ2n) is 12.8. The van der Waals surface area contributed by atoms with E-state index in [-0.39, 0.29) is 48.5 Å². The first-order valence-corrected chi connectivity index (χ1v) is 17.2. The maximum absolute atomic E-state index is 14.1. The predicted octanol–water partition coefficient (Wildman–Crippen LogP) is 7.24. The van der Waals surface area contributed by atoms with Crippen molar-refractivity contribution in [2.75, 3.05) is 27.3 Å². The fourth-order valence-electron chi connectivity index (χ4n) is 5.78. The molecule has 0 atom stereocenters. The van der Waals surface area contributed by atoms with Crippen molar-refractivity contribution in [3.8, 4) is 23.0 Å². The van der Waals surface area contributed by atoms with Gasteiger partial charge < -0.3 is 18.9 Å². The minimum Gasteiger partial charge on any atom is -0.497 e. The Morgan fingerprint density at radius 3 is 1.15 bits per heavy atom. The molecule has 10 nitrogen and oxygen atoms in total. The highest BCUT2D eigenvalue weighted by Crippen LogP contribution is 2.28. The molecule has 0 radical (unpaired) electrons. The molecule has 4 aromatic rings. The number of ether oxygens (including phenoxy) is 4. The molecule has 10 heteroatoms. The van der Waals surface area contributed by atoms with Crippen LogP contribution in [0, 0.1) is 0 Å². The van der Waals surface area contributed by atoms with Crippen molar-refractivity contribution in [2.24, 2.45) is 9.98 Å². The van der Waals surface area contributed by atoms with Gasteiger partial charge in [0.15, 0.2) is 0 Å². The van der Waals surface area contributed by atoms with E-state index in [1.807, 2.05) is 125 Å². The topological polar surface area (TPSA) is 102 Å². The van der Waals surface area contributed by atoms with Gasteiger partial charge >= 0.3 is 0 Å². The molecule has 0 aromatic heterocycles. The average Bonchev–Trinajstić information content (AvgIpc) is 3.62. The first-order chi connectivity index (χ1) is 25.1. The number of amidine groups is 2. The number of benzene rings is 4. The summed E-state index contributed by atoms with van der Waals surface area (Å²) < 4.78 is 22.3. The van der Waals surface area contributed by atoms with E-state index in [0.29, 0.717) is 23.2 Å². The molecule has 2 amide bonds. The van der Waals surface area contributed by atoms with Gasteiger partial charge in [0.05, 0.1) is 26.4 Å². The van der Waals surface area contributed by atoms with Crippen LogP contribution in [0.4, 0.5) is 0 Å². The van der Waals surface area contributed by atoms with E-state index in [2.05, 4.69) is 0 Å². The molecule has 0 bridgehead atoms. The monoisotopic (exact) mass is 698 g/mol. The molecule has 6 rings (SSSR count). The summed E-state index contributed by atoms with van der Waals surface area (Å²) in [5.74, 6) is 3.27. The van der Waals surface area contributed by atoms with Crippen LogP contribution in [0.3, 0.4) is 0 Å². The van der Waals surface area contributed by atoms with E-state index in [4.69, 9.17) is 28.9 Å². The van der Waals surface area contributed by atoms with Gasteiger partial charge in [-0.15, -0.1) is 0 Å². The number of carbonyl (C=O) groups is 2. The zero-order valence-electron chi connectivity index (χ0n) is 30.2. The third kappa shape index (κ3) is 8.24. The number of aliphatic imine (C=N–C) groups is 2. The third-order valence-electron chi connectivity index (χ3n) is 8.25. The number of amides is 2. The smallest absolute Gasteiger partial charge is 0.278 e. The first kappa shape index (κ1) is 35.7. The van der Waals surface area contributed by atoms with Crippen LogP contribution in [0.25, 0.3) is 12.2 Å². The van der Waals surface area contributed by atoms with Gasteiger partial charge in [-0.3, -0.25) is 19.4 Å². The summed E-state index contributed by atoms with van der Waals surface area (Å²) in [4.78, 5) is 41.0. The van der Waals surface area contributed by atoms with Crippen LogP contribution in [0.1, 0.15) is 49.9 Å². The number of carbonyl (C=O) groups excluding carboxylic acids is 2. The van der Waals surface area contributed by atoms with Crippen LogP contribution in [-0.2, 0) is 9.59 Å². The van der Waals surface area contributed by atoms with Gasteiger partial charge in [0.2, 0.25) is 0 Å². The van der Waals surface area contributed by atoms with E-state index >= 15 is 0 Å². The van der Waals surface area contributed by atoms with Crippen molar-refractivity contribution in [3.63, 3.8) is 0 Å². The van der Waals surface area contributed by atoms with Crippen molar-refractivity contribution in [3.05, 3.63) is 131 Å². The Labute approximate surface area is 304 Å². The number of rotatable bonds is 13. The SMILES string of the molecule is COc1ccc(C2=NC(=Cc3ccc(OC(C)C)cc3)C(=O)N2CCN2C(=O)C(=Cc3ccc(OC(C)C)cc3)N=C2c2ccc(OC)cc2)cc1. The molecule has 0 fully saturated rings. The molecular formula is C42H42N4O6. The number of hydrogen-bond donors (Lipinski definition) is 0. The molecule has 266 valence electrons. The van der Waals surface area contributed by atoms with Crippen molar-refractivity contribution in [2.45, 2.75) is 39.9 Å². The van der Waals surface area contributed by atoms with Crippen molar-refractivity contribution >= 4 is 35.6 Å². The highest BCUT2D eigenvalue weighted by Gasteiger charge is 2.35. The molecule has 0 spiro atoms. The van der Waals surface area contributed by atoms with E-state index < -0.39 is 0 Å². The van der Waals surface area contributed by atoms with Crippen molar-refractivity contribution < 1.29 is 28.5 Å². The summed E-state index contributed by atoms with van der Waals surface area (Å²) in [6.07, 6.45) is 3.61. The van der Waals surface area contributed by atoms with Gasteiger partial charge in [-0.25, -0.2) is 9.98 Å². The zero-order valence-corrected chi connectivity index (χ0v) is 30.2. The molecule has 0 N–H and O–H groups in total. The van der Waals surface area contributed by atoms with Gasteiger partial charge in [-0.05, 0) is 124 Å². The molecule has 52 heavy (non-hydrogen) atoms. The van der Waals surface area contributed by atoms with E-state index in [9.17, 15) is 9.59 Å². The summed E-state index contributed by atoms with van der Waals surface area (Å²) in [5, 5.41) is 0. The summed E-state index contributed by atoms with van der Waals surface area (Å²) >= 11 is 0. The van der Waals surface area contributed by atoms with Crippen molar-refractivity contribution in [1.82, 2.24) is 9.80 Å². The Kier molecular flexibility index (Phi) is 10.8. The Bertz CT molecular complexity index is 1880. The Morgan fingerprint density at radius 1 is 0.519 bits per heavy atom. The summed E-state index contributed by atoms with van der Waals surface area (Å²) in [6.45, 7) is 8.21. The zero-order chi connectivity index (χ0) is 36.8. The van der Waals surface area contributed by atoms with Crippen molar-refractivity contribution in [1.29, 1.82) is 0 Å². The molecule has 2 heterocycles. The standard InChI is InChI=1S/C42H42N4O6/c1-27(2)51-35-15-7-29(8-16-35)25-37-41(47)45(39(43-37)31-11-19-33(49-5)20-12-31)23-24-46-40(32-13-21-34(50-6)22-14-32)44-38(42(46)48)26-30-9-17-36(18-10-30)52-28(3)4/h7-22,25-28H,23-24H2,1-6H3. The normalized spacial score (nSPS) is 15.9. The first-order valence-electron chi connectivity index (χ1n) is 17.2. The quantitative estimate of drug-likeness (QED) is 0.137. The fraction of sp³-hybridized carbons (Fsp3) is 0.238. The van der Waals surface area contributed by atoms with E-state index in [0.717, 1.165) is 33.8 Å². The lowest BCUT2D eigenvalue weighted by Crippen LogP contribution is -2.42. The highest BCUT2D eigenvalue weighted by molar-refractivity contribution is 6.21. The summed E-state index contributed by atoms with van der Waals surface area (Å²) in [7, 11) is 3.20. The third-order valence-corrected chi connectivity index (χ3v) is 8.25. The van der Waals surface area contributed by atoms with Crippen LogP contribution in [0.15, 0.2) is 118 Å². The number of hydrogen-bond acceptors (Lipinski definition) is 8. The lowest BCUT2D eigenvalue weighted by atomic mass is 10.1. The lowest BCUT2D eigenvalue weighted by Gasteiger charge is -2.24. The van der Waals surface area contributed by atoms with E-state index in [1.54, 1.807) is 36.2 Å². The van der Waals surface area contributed by atoms with Gasteiger partial charge in [0.25, 0.3) is 11.8 Å². The van der Waals surface area contributed by atoms with Gasteiger partial charge in [0, 0.05) is 24.2 Å². The van der Waals surface area contributed by atoms with Crippen LogP contribution >= 0.6 is 0 Å². The fourth-order valence-corrected chi connectivity index (χ4v) is 5.78. The number of nitrogens with zero attached hydrogens (tertiary/aromatic N) is 4. The summed E-state index contributed by atoms with van der Waals surface area (Å²) in [5.41, 5.74) is 3.65. The molecule has 0 saturated carbocycles. The minimum atomic E-state index is -0.276. The second kappa shape index (κ2) is 15.8. The largest absolute Gasteiger partial charge is 0.497 e. The Morgan fingerprint density at radius 2 is 0.846 bits per heavy atom. The molecule has 4 aromatic carbocycles. The maximum atomic E-state index is 14.1. The van der Waals surface area contributed by atoms with Crippen LogP contribution in [-0.4, -0.2) is 72.8 Å². The molecule has 0 unspecified atom stereocenters. The average molecular weight is 699 g/mol. The molecule has 2 aliphatic rings. The molecule has 2 aliphatic heterocycles. The van der Waals surface area contributed by atoms with Crippen LogP contribution in [0.5, 0.6) is 23.0 Å². The van der Waals surface area contributed by atoms with Gasteiger partial charge in [-0.2, -0.15) is 0 Å². The molecule has 0 saturated heterocycles. The maximum Gasteiger partial charge on any atom is 0.278 e. The van der Waals surface area contributed by atoms with Crippen LogP contribution in [0.2, 0.25) is 0 Å². The molecule has 0 aliphatic carbocycles. The Hall–Kier alpha value is -6.16. The predicted molar refractivity (Wildman–Crippen MR) is 203 cm³/mol. The highest BCUT2D eigenvalue weighted by atomic mass is 16.5. The second-order valence-corrected chi connectivity index (χ2v) is 12.8. The minimum absolute atomic E-state index is 0.0476. The number of methoxy groups -OCH3 is 2. The Balaban J connectivity index is 1.30. The van der Waals surface area contributed by atoms with Crippen LogP contribution < -0.4 is 18.9 Å². The lowest BCUT2D eigenvalue weighted by molar-refractivity contribution is -0.125. The molecular weight excluding hydrogens is 656 g/mol.